The zero-order valence-corrected chi connectivity index (χ0v) is 18.6. The van der Waals surface area contributed by atoms with Crippen LogP contribution in [0.4, 0.5) is 5.69 Å². The van der Waals surface area contributed by atoms with Crippen molar-refractivity contribution in [3.63, 3.8) is 0 Å². The molecule has 4 rings (SSSR count). The summed E-state index contributed by atoms with van der Waals surface area (Å²) >= 11 is 0. The monoisotopic (exact) mass is 419 g/mol. The molecular formula is C26H33N3O2. The number of piperidine rings is 2. The number of anilines is 1. The number of rotatable bonds is 4. The Balaban J connectivity index is 1.39. The van der Waals surface area contributed by atoms with E-state index >= 15 is 0 Å². The Kier molecular flexibility index (Phi) is 6.59. The molecular weight excluding hydrogens is 386 g/mol. The van der Waals surface area contributed by atoms with Gasteiger partial charge in [0.25, 0.3) is 11.8 Å². The first-order chi connectivity index (χ1) is 15.0. The summed E-state index contributed by atoms with van der Waals surface area (Å²) in [4.78, 5) is 30.2. The van der Waals surface area contributed by atoms with Crippen molar-refractivity contribution in [2.75, 3.05) is 24.5 Å². The maximum Gasteiger partial charge on any atom is 0.256 e. The van der Waals surface area contributed by atoms with Crippen LogP contribution in [-0.4, -0.2) is 48.4 Å². The number of aryl methyl sites for hydroxylation is 1. The number of carbonyl (C=O) groups is 2. The van der Waals surface area contributed by atoms with Gasteiger partial charge in [-0.25, -0.2) is 0 Å². The molecule has 2 fully saturated rings. The van der Waals surface area contributed by atoms with Crippen molar-refractivity contribution >= 4 is 17.5 Å². The predicted molar refractivity (Wildman–Crippen MR) is 125 cm³/mol. The molecule has 164 valence electrons. The minimum Gasteiger partial charge on any atom is -0.371 e. The molecule has 0 unspecified atom stereocenters. The topological polar surface area (TPSA) is 52.7 Å². The SMILES string of the molecule is Cc1ccc(C(=O)NC2CCN(c3ccccc3C(=O)N3CCCC[C@@H]3C)CC2)cc1. The van der Waals surface area contributed by atoms with Crippen molar-refractivity contribution in [1.29, 1.82) is 0 Å². The van der Waals surface area contributed by atoms with E-state index in [1.54, 1.807) is 0 Å². The average Bonchev–Trinajstić information content (AvgIpc) is 2.80. The fourth-order valence-electron chi connectivity index (χ4n) is 4.72. The van der Waals surface area contributed by atoms with E-state index in [4.69, 9.17) is 0 Å². The predicted octanol–water partition coefficient (Wildman–Crippen LogP) is 4.41. The molecule has 2 aliphatic rings. The Hall–Kier alpha value is -2.82. The summed E-state index contributed by atoms with van der Waals surface area (Å²) in [5.41, 5.74) is 3.68. The molecule has 0 radical (unpaired) electrons. The molecule has 2 amide bonds. The van der Waals surface area contributed by atoms with Crippen LogP contribution in [-0.2, 0) is 0 Å². The Bertz CT molecular complexity index is 917. The van der Waals surface area contributed by atoms with Crippen molar-refractivity contribution in [2.45, 2.75) is 58.0 Å². The Morgan fingerprint density at radius 3 is 2.32 bits per heavy atom. The molecule has 0 aliphatic carbocycles. The van der Waals surface area contributed by atoms with Crippen molar-refractivity contribution in [3.8, 4) is 0 Å². The summed E-state index contributed by atoms with van der Waals surface area (Å²) in [5.74, 6) is 0.144. The second-order valence-corrected chi connectivity index (χ2v) is 8.96. The van der Waals surface area contributed by atoms with Crippen LogP contribution in [0.2, 0.25) is 0 Å². The zero-order chi connectivity index (χ0) is 21.8. The van der Waals surface area contributed by atoms with E-state index in [2.05, 4.69) is 23.2 Å². The van der Waals surface area contributed by atoms with Gasteiger partial charge >= 0.3 is 0 Å². The van der Waals surface area contributed by atoms with Crippen molar-refractivity contribution in [2.24, 2.45) is 0 Å². The van der Waals surface area contributed by atoms with E-state index in [0.29, 0.717) is 11.6 Å². The van der Waals surface area contributed by atoms with Gasteiger partial charge < -0.3 is 15.1 Å². The number of likely N-dealkylation sites (tertiary alicyclic amines) is 1. The van der Waals surface area contributed by atoms with Gasteiger partial charge in [0.15, 0.2) is 0 Å². The summed E-state index contributed by atoms with van der Waals surface area (Å²) in [7, 11) is 0. The molecule has 2 aromatic rings. The zero-order valence-electron chi connectivity index (χ0n) is 18.6. The highest BCUT2D eigenvalue weighted by Gasteiger charge is 2.28. The van der Waals surface area contributed by atoms with Crippen LogP contribution in [0.5, 0.6) is 0 Å². The lowest BCUT2D eigenvalue weighted by atomic mass is 9.99. The third-order valence-electron chi connectivity index (χ3n) is 6.68. The summed E-state index contributed by atoms with van der Waals surface area (Å²) in [5, 5.41) is 3.18. The normalized spacial score (nSPS) is 19.9. The summed E-state index contributed by atoms with van der Waals surface area (Å²) < 4.78 is 0. The maximum absolute atomic E-state index is 13.3. The number of nitrogens with one attached hydrogen (secondary N) is 1. The molecule has 0 spiro atoms. The van der Waals surface area contributed by atoms with Gasteiger partial charge in [0.1, 0.15) is 0 Å². The van der Waals surface area contributed by atoms with Gasteiger partial charge in [0, 0.05) is 43.0 Å². The van der Waals surface area contributed by atoms with Crippen LogP contribution in [0.25, 0.3) is 0 Å². The quantitative estimate of drug-likeness (QED) is 0.799. The highest BCUT2D eigenvalue weighted by atomic mass is 16.2. The number of benzene rings is 2. The minimum absolute atomic E-state index is 0.00638. The molecule has 0 aromatic heterocycles. The Morgan fingerprint density at radius 2 is 1.61 bits per heavy atom. The molecule has 1 atom stereocenters. The minimum atomic E-state index is -0.00638. The number of carbonyl (C=O) groups excluding carboxylic acids is 2. The third kappa shape index (κ3) is 4.92. The van der Waals surface area contributed by atoms with E-state index in [1.807, 2.05) is 54.3 Å². The van der Waals surface area contributed by atoms with E-state index in [9.17, 15) is 9.59 Å². The van der Waals surface area contributed by atoms with Gasteiger partial charge in [-0.3, -0.25) is 9.59 Å². The molecule has 2 heterocycles. The average molecular weight is 420 g/mol. The van der Waals surface area contributed by atoms with Gasteiger partial charge in [0.05, 0.1) is 5.56 Å². The summed E-state index contributed by atoms with van der Waals surface area (Å²) in [6, 6.07) is 16.1. The smallest absolute Gasteiger partial charge is 0.256 e. The largest absolute Gasteiger partial charge is 0.371 e. The lowest BCUT2D eigenvalue weighted by Crippen LogP contribution is -2.46. The van der Waals surface area contributed by atoms with Gasteiger partial charge in [-0.2, -0.15) is 0 Å². The van der Waals surface area contributed by atoms with Gasteiger partial charge in [-0.1, -0.05) is 29.8 Å². The van der Waals surface area contributed by atoms with Gasteiger partial charge in [-0.05, 0) is 70.2 Å². The first kappa shape index (κ1) is 21.4. The number of hydrogen-bond acceptors (Lipinski definition) is 3. The molecule has 2 aliphatic heterocycles. The molecule has 2 aromatic carbocycles. The second-order valence-electron chi connectivity index (χ2n) is 8.96. The lowest BCUT2D eigenvalue weighted by Gasteiger charge is -2.37. The molecule has 31 heavy (non-hydrogen) atoms. The highest BCUT2D eigenvalue weighted by molar-refractivity contribution is 6.00. The van der Waals surface area contributed by atoms with Crippen LogP contribution in [0.3, 0.4) is 0 Å². The maximum atomic E-state index is 13.3. The van der Waals surface area contributed by atoms with Crippen LogP contribution < -0.4 is 10.2 Å². The fourth-order valence-corrected chi connectivity index (χ4v) is 4.72. The van der Waals surface area contributed by atoms with Crippen LogP contribution >= 0.6 is 0 Å². The van der Waals surface area contributed by atoms with Crippen molar-refractivity contribution < 1.29 is 9.59 Å². The van der Waals surface area contributed by atoms with Crippen LogP contribution in [0, 0.1) is 6.92 Å². The highest BCUT2D eigenvalue weighted by Crippen LogP contribution is 2.28. The van der Waals surface area contributed by atoms with Crippen LogP contribution in [0.1, 0.15) is 65.3 Å². The van der Waals surface area contributed by atoms with E-state index in [1.165, 1.54) is 6.42 Å². The number of hydrogen-bond donors (Lipinski definition) is 1. The van der Waals surface area contributed by atoms with Crippen LogP contribution in [0.15, 0.2) is 48.5 Å². The number of para-hydroxylation sites is 1. The third-order valence-corrected chi connectivity index (χ3v) is 6.68. The van der Waals surface area contributed by atoms with Crippen molar-refractivity contribution in [1.82, 2.24) is 10.2 Å². The fraction of sp³-hybridized carbons (Fsp3) is 0.462. The molecule has 0 saturated carbocycles. The molecule has 2 saturated heterocycles. The summed E-state index contributed by atoms with van der Waals surface area (Å²) in [6.45, 7) is 6.69. The molecule has 5 nitrogen and oxygen atoms in total. The molecule has 0 bridgehead atoms. The summed E-state index contributed by atoms with van der Waals surface area (Å²) in [6.07, 6.45) is 5.12. The van der Waals surface area contributed by atoms with E-state index < -0.39 is 0 Å². The standard InChI is InChI=1S/C26H33N3O2/c1-19-10-12-21(13-11-19)25(30)27-22-14-17-28(18-15-22)24-9-4-3-8-23(24)26(31)29-16-6-5-7-20(29)2/h3-4,8-13,20,22H,5-7,14-18H2,1-2H3,(H,27,30)/t20-/m0/s1. The first-order valence-electron chi connectivity index (χ1n) is 11.6. The lowest BCUT2D eigenvalue weighted by molar-refractivity contribution is 0.0636. The number of amides is 2. The number of nitrogens with zero attached hydrogens (tertiary/aromatic N) is 2. The van der Waals surface area contributed by atoms with Crippen molar-refractivity contribution in [3.05, 3.63) is 65.2 Å². The van der Waals surface area contributed by atoms with E-state index in [0.717, 1.165) is 62.1 Å². The van der Waals surface area contributed by atoms with Gasteiger partial charge in [-0.15, -0.1) is 0 Å². The van der Waals surface area contributed by atoms with E-state index in [-0.39, 0.29) is 17.9 Å². The Morgan fingerprint density at radius 1 is 0.903 bits per heavy atom. The van der Waals surface area contributed by atoms with Gasteiger partial charge in [0.2, 0.25) is 0 Å². The second kappa shape index (κ2) is 9.54. The molecule has 1 N–H and O–H groups in total. The molecule has 5 heteroatoms. The Labute approximate surface area is 185 Å². The first-order valence-corrected chi connectivity index (χ1v) is 11.6.